The van der Waals surface area contributed by atoms with Crippen molar-refractivity contribution >= 4 is 6.29 Å². The van der Waals surface area contributed by atoms with Gasteiger partial charge < -0.3 is 0 Å². The number of hydrogen-bond acceptors (Lipinski definition) is 1. The smallest absolute Gasteiger partial charge is 0.142 e. The van der Waals surface area contributed by atoms with Crippen molar-refractivity contribution in [3.05, 3.63) is 48.6 Å². The van der Waals surface area contributed by atoms with Gasteiger partial charge in [0.05, 0.1) is 0 Å². The van der Waals surface area contributed by atoms with Crippen molar-refractivity contribution in [2.45, 2.75) is 45.4 Å². The standard InChI is InChI=1S/C16H24O/c1-2-3-4-5-6-7-8-9-10-11-12-13-14-15-16-17/h8-16H,2-7H2,1H3/b9-8+,11-10+,13-12+,15-14+. The molecular weight excluding hydrogens is 208 g/mol. The molecule has 0 unspecified atom stereocenters. The number of rotatable bonds is 10. The highest BCUT2D eigenvalue weighted by Crippen LogP contribution is 2.05. The van der Waals surface area contributed by atoms with Crippen LogP contribution in [0.2, 0.25) is 0 Å². The third-order valence-electron chi connectivity index (χ3n) is 2.36. The van der Waals surface area contributed by atoms with Crippen LogP contribution in [0.1, 0.15) is 45.4 Å². The van der Waals surface area contributed by atoms with Gasteiger partial charge in [-0.05, 0) is 18.9 Å². The van der Waals surface area contributed by atoms with Crippen LogP contribution in [0.5, 0.6) is 0 Å². The number of allylic oxidation sites excluding steroid dienone is 8. The van der Waals surface area contributed by atoms with Crippen LogP contribution in [0.4, 0.5) is 0 Å². The van der Waals surface area contributed by atoms with E-state index in [1.807, 2.05) is 24.3 Å². The average Bonchev–Trinajstić information content (AvgIpc) is 2.35. The molecule has 0 aromatic carbocycles. The predicted molar refractivity (Wildman–Crippen MR) is 76.0 cm³/mol. The lowest BCUT2D eigenvalue weighted by molar-refractivity contribution is -0.104. The zero-order valence-electron chi connectivity index (χ0n) is 10.8. The van der Waals surface area contributed by atoms with Crippen LogP contribution in [0.25, 0.3) is 0 Å². The van der Waals surface area contributed by atoms with Crippen molar-refractivity contribution in [3.63, 3.8) is 0 Å². The van der Waals surface area contributed by atoms with Crippen molar-refractivity contribution in [2.24, 2.45) is 0 Å². The zero-order valence-corrected chi connectivity index (χ0v) is 10.8. The van der Waals surface area contributed by atoms with E-state index < -0.39 is 0 Å². The molecule has 0 aliphatic carbocycles. The average molecular weight is 232 g/mol. The van der Waals surface area contributed by atoms with Gasteiger partial charge in [-0.2, -0.15) is 0 Å². The minimum absolute atomic E-state index is 0.770. The number of aldehydes is 1. The second-order valence-corrected chi connectivity index (χ2v) is 3.92. The van der Waals surface area contributed by atoms with Crippen molar-refractivity contribution in [3.8, 4) is 0 Å². The molecule has 0 aromatic rings. The maximum atomic E-state index is 9.96. The van der Waals surface area contributed by atoms with E-state index in [1.54, 1.807) is 6.08 Å². The van der Waals surface area contributed by atoms with Crippen LogP contribution >= 0.6 is 0 Å². The summed E-state index contributed by atoms with van der Waals surface area (Å²) in [5.74, 6) is 0. The molecule has 0 saturated heterocycles. The molecule has 94 valence electrons. The van der Waals surface area contributed by atoms with Crippen LogP contribution in [0.3, 0.4) is 0 Å². The Hall–Kier alpha value is -1.37. The second-order valence-electron chi connectivity index (χ2n) is 3.92. The van der Waals surface area contributed by atoms with E-state index in [0.717, 1.165) is 6.29 Å². The molecule has 0 bridgehead atoms. The fourth-order valence-corrected chi connectivity index (χ4v) is 1.41. The summed E-state index contributed by atoms with van der Waals surface area (Å²) in [5, 5.41) is 0. The zero-order chi connectivity index (χ0) is 12.6. The molecule has 1 nitrogen and oxygen atoms in total. The second kappa shape index (κ2) is 14.6. The summed E-state index contributed by atoms with van der Waals surface area (Å²) in [7, 11) is 0. The Kier molecular flexibility index (Phi) is 13.5. The molecule has 0 aliphatic rings. The highest BCUT2D eigenvalue weighted by molar-refractivity contribution is 5.65. The Labute approximate surface area is 106 Å². The van der Waals surface area contributed by atoms with E-state index in [4.69, 9.17) is 0 Å². The monoisotopic (exact) mass is 232 g/mol. The highest BCUT2D eigenvalue weighted by atomic mass is 16.1. The van der Waals surface area contributed by atoms with Crippen molar-refractivity contribution in [1.29, 1.82) is 0 Å². The molecule has 0 aliphatic heterocycles. The minimum Gasteiger partial charge on any atom is -0.299 e. The van der Waals surface area contributed by atoms with Crippen LogP contribution in [-0.4, -0.2) is 6.29 Å². The van der Waals surface area contributed by atoms with Gasteiger partial charge in [-0.3, -0.25) is 4.79 Å². The highest BCUT2D eigenvalue weighted by Gasteiger charge is 1.85. The first kappa shape index (κ1) is 15.6. The molecule has 1 heteroatoms. The van der Waals surface area contributed by atoms with E-state index >= 15 is 0 Å². The topological polar surface area (TPSA) is 17.1 Å². The quantitative estimate of drug-likeness (QED) is 0.229. The largest absolute Gasteiger partial charge is 0.299 e. The first-order chi connectivity index (χ1) is 8.41. The third-order valence-corrected chi connectivity index (χ3v) is 2.36. The number of carbonyl (C=O) groups is 1. The van der Waals surface area contributed by atoms with E-state index in [9.17, 15) is 4.79 Å². The Morgan fingerprint density at radius 2 is 1.29 bits per heavy atom. The van der Waals surface area contributed by atoms with E-state index in [-0.39, 0.29) is 0 Å². The van der Waals surface area contributed by atoms with E-state index in [2.05, 4.69) is 19.1 Å². The van der Waals surface area contributed by atoms with Crippen LogP contribution in [-0.2, 0) is 4.79 Å². The fourth-order valence-electron chi connectivity index (χ4n) is 1.41. The summed E-state index contributed by atoms with van der Waals surface area (Å²) in [6.07, 6.45) is 23.8. The number of unbranched alkanes of at least 4 members (excludes halogenated alkanes) is 5. The van der Waals surface area contributed by atoms with Gasteiger partial charge in [0.25, 0.3) is 0 Å². The molecule has 0 aromatic heterocycles. The SMILES string of the molecule is CCCCCCC/C=C/C=C/C=C/C=C/C=O. The molecule has 0 spiro atoms. The number of hydrogen-bond donors (Lipinski definition) is 0. The maximum Gasteiger partial charge on any atom is 0.142 e. The van der Waals surface area contributed by atoms with Gasteiger partial charge in [0.15, 0.2) is 0 Å². The van der Waals surface area contributed by atoms with Crippen molar-refractivity contribution in [1.82, 2.24) is 0 Å². The molecule has 0 fully saturated rings. The van der Waals surface area contributed by atoms with Crippen molar-refractivity contribution < 1.29 is 4.79 Å². The first-order valence-corrected chi connectivity index (χ1v) is 6.52. The van der Waals surface area contributed by atoms with Crippen LogP contribution in [0, 0.1) is 0 Å². The minimum atomic E-state index is 0.770. The molecule has 0 N–H and O–H groups in total. The lowest BCUT2D eigenvalue weighted by atomic mass is 10.1. The van der Waals surface area contributed by atoms with Gasteiger partial charge in [-0.15, -0.1) is 0 Å². The lowest BCUT2D eigenvalue weighted by Crippen LogP contribution is -1.75. The van der Waals surface area contributed by atoms with Gasteiger partial charge in [0, 0.05) is 0 Å². The van der Waals surface area contributed by atoms with Crippen molar-refractivity contribution in [2.75, 3.05) is 0 Å². The Morgan fingerprint density at radius 3 is 1.94 bits per heavy atom. The molecule has 0 radical (unpaired) electrons. The lowest BCUT2D eigenvalue weighted by Gasteiger charge is -1.95. The molecular formula is C16H24O. The molecule has 0 heterocycles. The molecule has 17 heavy (non-hydrogen) atoms. The fraction of sp³-hybridized carbons (Fsp3) is 0.438. The van der Waals surface area contributed by atoms with Gasteiger partial charge in [0.1, 0.15) is 6.29 Å². The molecule has 0 amide bonds. The summed E-state index contributed by atoms with van der Waals surface area (Å²) >= 11 is 0. The van der Waals surface area contributed by atoms with Gasteiger partial charge >= 0.3 is 0 Å². The van der Waals surface area contributed by atoms with Crippen LogP contribution in [0.15, 0.2) is 48.6 Å². The summed E-state index contributed by atoms with van der Waals surface area (Å²) in [6.45, 7) is 2.24. The Bertz CT molecular complexity index is 269. The Balaban J connectivity index is 3.40. The summed E-state index contributed by atoms with van der Waals surface area (Å²) in [4.78, 5) is 9.96. The Morgan fingerprint density at radius 1 is 0.706 bits per heavy atom. The summed E-state index contributed by atoms with van der Waals surface area (Å²) in [5.41, 5.74) is 0. The van der Waals surface area contributed by atoms with Crippen LogP contribution < -0.4 is 0 Å². The summed E-state index contributed by atoms with van der Waals surface area (Å²) < 4.78 is 0. The maximum absolute atomic E-state index is 9.96. The van der Waals surface area contributed by atoms with Gasteiger partial charge in [0.2, 0.25) is 0 Å². The molecule has 0 atom stereocenters. The third kappa shape index (κ3) is 14.6. The van der Waals surface area contributed by atoms with E-state index in [0.29, 0.717) is 0 Å². The predicted octanol–water partition coefficient (Wildman–Crippen LogP) is 4.77. The number of carbonyl (C=O) groups excluding carboxylic acids is 1. The van der Waals surface area contributed by atoms with Gasteiger partial charge in [-0.25, -0.2) is 0 Å². The summed E-state index contributed by atoms with van der Waals surface area (Å²) in [6, 6.07) is 0. The normalized spacial score (nSPS) is 12.5. The van der Waals surface area contributed by atoms with E-state index in [1.165, 1.54) is 44.6 Å². The molecule has 0 rings (SSSR count). The molecule has 0 saturated carbocycles. The first-order valence-electron chi connectivity index (χ1n) is 6.52. The van der Waals surface area contributed by atoms with Gasteiger partial charge in [-0.1, -0.05) is 75.1 Å².